The molecular formula is C23H19BrN2O3. The van der Waals surface area contributed by atoms with Gasteiger partial charge in [-0.25, -0.2) is 9.78 Å². The Balaban J connectivity index is 1.68. The third-order valence-corrected chi connectivity index (χ3v) is 5.58. The summed E-state index contributed by atoms with van der Waals surface area (Å²) in [5.74, 6) is -0.378. The minimum Gasteiger partial charge on any atom is -0.454 e. The quantitative estimate of drug-likeness (QED) is 0.408. The number of Topliss-reactive ketones (excluding diaryl/α,β-unsaturated/α-hetero) is 1. The zero-order valence-electron chi connectivity index (χ0n) is 15.8. The van der Waals surface area contributed by atoms with Gasteiger partial charge in [0.1, 0.15) is 6.10 Å². The van der Waals surface area contributed by atoms with E-state index in [4.69, 9.17) is 4.74 Å². The lowest BCUT2D eigenvalue weighted by atomic mass is 9.87. The lowest BCUT2D eigenvalue weighted by Gasteiger charge is -2.21. The van der Waals surface area contributed by atoms with Crippen molar-refractivity contribution < 1.29 is 14.3 Å². The van der Waals surface area contributed by atoms with Crippen molar-refractivity contribution in [2.24, 2.45) is 7.05 Å². The van der Waals surface area contributed by atoms with Gasteiger partial charge in [0.2, 0.25) is 0 Å². The van der Waals surface area contributed by atoms with Gasteiger partial charge in [0, 0.05) is 36.3 Å². The Hall–Kier alpha value is -2.99. The Morgan fingerprint density at radius 3 is 2.55 bits per heavy atom. The molecule has 3 aromatic rings. The van der Waals surface area contributed by atoms with Gasteiger partial charge in [0.05, 0.1) is 5.57 Å². The maximum absolute atomic E-state index is 12.9. The van der Waals surface area contributed by atoms with E-state index in [1.54, 1.807) is 24.0 Å². The van der Waals surface area contributed by atoms with Gasteiger partial charge in [0.25, 0.3) is 0 Å². The van der Waals surface area contributed by atoms with Crippen LogP contribution in [0.1, 0.15) is 34.1 Å². The Morgan fingerprint density at radius 1 is 1.17 bits per heavy atom. The summed E-state index contributed by atoms with van der Waals surface area (Å²) in [6, 6.07) is 17.2. The number of ketones is 1. The number of hydrogen-bond donors (Lipinski definition) is 0. The molecule has 0 saturated carbocycles. The van der Waals surface area contributed by atoms with Crippen molar-refractivity contribution in [2.45, 2.75) is 18.4 Å². The number of benzene rings is 2. The van der Waals surface area contributed by atoms with Crippen molar-refractivity contribution >= 4 is 33.3 Å². The van der Waals surface area contributed by atoms with Gasteiger partial charge in [-0.1, -0.05) is 58.4 Å². The number of carbonyl (C=O) groups is 2. The first kappa shape index (κ1) is 19.3. The van der Waals surface area contributed by atoms with Crippen LogP contribution in [0, 0.1) is 0 Å². The van der Waals surface area contributed by atoms with Crippen LogP contribution in [0.5, 0.6) is 0 Å². The molecule has 2 heterocycles. The van der Waals surface area contributed by atoms with Crippen molar-refractivity contribution in [2.75, 3.05) is 0 Å². The molecule has 0 fully saturated rings. The summed E-state index contributed by atoms with van der Waals surface area (Å²) < 4.78 is 8.35. The summed E-state index contributed by atoms with van der Waals surface area (Å²) in [6.07, 6.45) is 4.83. The second-order valence-electron chi connectivity index (χ2n) is 6.96. The van der Waals surface area contributed by atoms with E-state index in [0.29, 0.717) is 11.4 Å². The highest BCUT2D eigenvalue weighted by atomic mass is 79.9. The summed E-state index contributed by atoms with van der Waals surface area (Å²) in [6.45, 7) is 0. The highest BCUT2D eigenvalue weighted by Crippen LogP contribution is 2.35. The molecule has 0 N–H and O–H groups in total. The van der Waals surface area contributed by atoms with Gasteiger partial charge >= 0.3 is 5.97 Å². The molecule has 0 bridgehead atoms. The van der Waals surface area contributed by atoms with Gasteiger partial charge in [-0.2, -0.15) is 0 Å². The molecule has 1 unspecified atom stereocenters. The lowest BCUT2D eigenvalue weighted by Crippen LogP contribution is -2.23. The van der Waals surface area contributed by atoms with E-state index in [1.165, 1.54) is 0 Å². The molecular weight excluding hydrogens is 432 g/mol. The lowest BCUT2D eigenvalue weighted by molar-refractivity contribution is -0.138. The molecule has 0 amide bonds. The number of aryl methyl sites for hydroxylation is 1. The Bertz CT molecular complexity index is 1070. The maximum Gasteiger partial charge on any atom is 0.339 e. The first-order chi connectivity index (χ1) is 14.0. The van der Waals surface area contributed by atoms with Crippen LogP contribution in [0.4, 0.5) is 0 Å². The van der Waals surface area contributed by atoms with E-state index >= 15 is 0 Å². The molecule has 5 nitrogen and oxygen atoms in total. The SMILES string of the molecule is Cn1ccnc1C(=O)C[C@@H](c1ccc(Br)cc1)C1C=C(c2ccccc2)C(=O)O1. The second-order valence-corrected chi connectivity index (χ2v) is 7.88. The topological polar surface area (TPSA) is 61.2 Å². The van der Waals surface area contributed by atoms with Crippen molar-refractivity contribution in [1.29, 1.82) is 0 Å². The van der Waals surface area contributed by atoms with Gasteiger partial charge in [-0.05, 0) is 29.3 Å². The van der Waals surface area contributed by atoms with Crippen molar-refractivity contribution in [3.05, 3.63) is 94.5 Å². The number of ether oxygens (including phenoxy) is 1. The van der Waals surface area contributed by atoms with E-state index < -0.39 is 6.10 Å². The molecule has 0 spiro atoms. The van der Waals surface area contributed by atoms with E-state index in [2.05, 4.69) is 20.9 Å². The predicted octanol–water partition coefficient (Wildman–Crippen LogP) is 4.55. The van der Waals surface area contributed by atoms with Crippen LogP contribution >= 0.6 is 15.9 Å². The molecule has 6 heteroatoms. The summed E-state index contributed by atoms with van der Waals surface area (Å²) >= 11 is 3.44. The van der Waals surface area contributed by atoms with Gasteiger partial charge in [0.15, 0.2) is 11.6 Å². The average molecular weight is 451 g/mol. The zero-order chi connectivity index (χ0) is 20.4. The molecule has 1 aliphatic rings. The predicted molar refractivity (Wildman–Crippen MR) is 113 cm³/mol. The summed E-state index contributed by atoms with van der Waals surface area (Å²) in [7, 11) is 1.79. The van der Waals surface area contributed by atoms with Crippen LogP contribution in [-0.2, 0) is 16.6 Å². The van der Waals surface area contributed by atoms with Crippen LogP contribution in [0.2, 0.25) is 0 Å². The summed E-state index contributed by atoms with van der Waals surface area (Å²) in [5.41, 5.74) is 2.27. The zero-order valence-corrected chi connectivity index (χ0v) is 17.4. The molecule has 2 aromatic carbocycles. The fraction of sp³-hybridized carbons (Fsp3) is 0.174. The number of nitrogens with zero attached hydrogens (tertiary/aromatic N) is 2. The van der Waals surface area contributed by atoms with Gasteiger partial charge in [-0.3, -0.25) is 4.79 Å². The summed E-state index contributed by atoms with van der Waals surface area (Å²) in [4.78, 5) is 29.6. The van der Waals surface area contributed by atoms with Crippen LogP contribution in [0.3, 0.4) is 0 Å². The number of esters is 1. The van der Waals surface area contributed by atoms with Crippen LogP contribution in [0.15, 0.2) is 77.5 Å². The number of hydrogen-bond acceptors (Lipinski definition) is 4. The average Bonchev–Trinajstić information content (AvgIpc) is 3.33. The molecule has 4 rings (SSSR count). The monoisotopic (exact) mass is 450 g/mol. The smallest absolute Gasteiger partial charge is 0.339 e. The Labute approximate surface area is 177 Å². The molecule has 0 saturated heterocycles. The highest BCUT2D eigenvalue weighted by Gasteiger charge is 2.35. The molecule has 146 valence electrons. The van der Waals surface area contributed by atoms with Gasteiger partial charge in [-0.15, -0.1) is 0 Å². The number of cyclic esters (lactones) is 1. The minimum absolute atomic E-state index is 0.0944. The van der Waals surface area contributed by atoms with Crippen molar-refractivity contribution in [1.82, 2.24) is 9.55 Å². The normalized spacial score (nSPS) is 17.0. The van der Waals surface area contributed by atoms with Crippen molar-refractivity contribution in [3.8, 4) is 0 Å². The third kappa shape index (κ3) is 4.07. The number of imidazole rings is 1. The minimum atomic E-state index is -0.525. The number of aromatic nitrogens is 2. The van der Waals surface area contributed by atoms with Gasteiger partial charge < -0.3 is 9.30 Å². The molecule has 0 aliphatic carbocycles. The van der Waals surface area contributed by atoms with E-state index in [0.717, 1.165) is 15.6 Å². The van der Waals surface area contributed by atoms with E-state index in [-0.39, 0.29) is 24.1 Å². The van der Waals surface area contributed by atoms with Crippen LogP contribution in [0.25, 0.3) is 5.57 Å². The molecule has 1 aromatic heterocycles. The van der Waals surface area contributed by atoms with Crippen LogP contribution in [-0.4, -0.2) is 27.4 Å². The molecule has 1 aliphatic heterocycles. The first-order valence-corrected chi connectivity index (χ1v) is 10.1. The molecule has 2 atom stereocenters. The Kier molecular flexibility index (Phi) is 5.45. The van der Waals surface area contributed by atoms with Crippen molar-refractivity contribution in [3.63, 3.8) is 0 Å². The number of carbonyl (C=O) groups excluding carboxylic acids is 2. The largest absolute Gasteiger partial charge is 0.454 e. The number of rotatable bonds is 6. The fourth-order valence-corrected chi connectivity index (χ4v) is 3.81. The van der Waals surface area contributed by atoms with Crippen LogP contribution < -0.4 is 0 Å². The van der Waals surface area contributed by atoms with E-state index in [1.807, 2.05) is 60.7 Å². The maximum atomic E-state index is 12.9. The fourth-order valence-electron chi connectivity index (χ4n) is 3.54. The second kappa shape index (κ2) is 8.17. The molecule has 29 heavy (non-hydrogen) atoms. The van der Waals surface area contributed by atoms with E-state index in [9.17, 15) is 9.59 Å². The first-order valence-electron chi connectivity index (χ1n) is 9.27. The highest BCUT2D eigenvalue weighted by molar-refractivity contribution is 9.10. The number of halogens is 1. The summed E-state index contributed by atoms with van der Waals surface area (Å²) in [5, 5.41) is 0. The third-order valence-electron chi connectivity index (χ3n) is 5.05. The molecule has 0 radical (unpaired) electrons. The Morgan fingerprint density at radius 2 is 1.90 bits per heavy atom. The standard InChI is InChI=1S/C23H19BrN2O3/c1-26-12-11-25-22(26)20(27)13-18(16-7-9-17(24)10-8-16)21-14-19(23(28)29-21)15-5-3-2-4-6-15/h2-12,14,18,21H,13H2,1H3/t18-,21?/m0/s1.